The van der Waals surface area contributed by atoms with Crippen molar-refractivity contribution in [1.82, 2.24) is 0 Å². The number of carbonyl (C=O) groups excluding carboxylic acids is 1. The first-order valence-corrected chi connectivity index (χ1v) is 6.38. The van der Waals surface area contributed by atoms with E-state index < -0.39 is 0 Å². The van der Waals surface area contributed by atoms with E-state index in [0.717, 1.165) is 0 Å². The van der Waals surface area contributed by atoms with E-state index in [9.17, 15) is 4.79 Å². The van der Waals surface area contributed by atoms with Gasteiger partial charge in [-0.3, -0.25) is 4.79 Å². The molecule has 0 aromatic heterocycles. The molecule has 2 rings (SSSR count). The summed E-state index contributed by atoms with van der Waals surface area (Å²) in [5.41, 5.74) is 1.20. The molecule has 0 spiro atoms. The van der Waals surface area contributed by atoms with Crippen LogP contribution in [-0.4, -0.2) is 5.78 Å². The average molecular weight is 316 g/mol. The van der Waals surface area contributed by atoms with Gasteiger partial charge in [-0.25, -0.2) is 0 Å². The summed E-state index contributed by atoms with van der Waals surface area (Å²) in [5.74, 6) is 1.26. The maximum absolute atomic E-state index is 11.3. The lowest BCUT2D eigenvalue weighted by Gasteiger charge is -2.07. The van der Waals surface area contributed by atoms with Crippen LogP contribution in [0.25, 0.3) is 0 Å². The molecule has 19 heavy (non-hydrogen) atoms. The maximum atomic E-state index is 11.3. The highest BCUT2D eigenvalue weighted by Gasteiger charge is 2.07. The molecule has 3 nitrogen and oxygen atoms in total. The van der Waals surface area contributed by atoms with Gasteiger partial charge >= 0.3 is 0 Å². The van der Waals surface area contributed by atoms with E-state index in [1.54, 1.807) is 42.5 Å². The van der Waals surface area contributed by atoms with E-state index in [1.807, 2.05) is 6.07 Å². The van der Waals surface area contributed by atoms with Gasteiger partial charge in [0.1, 0.15) is 11.5 Å². The molecule has 0 bridgehead atoms. The molecule has 0 aliphatic rings. The Labute approximate surface area is 119 Å². The number of nitrogens with zero attached hydrogens (tertiary/aromatic N) is 1. The van der Waals surface area contributed by atoms with E-state index in [4.69, 9.17) is 10.00 Å². The predicted molar refractivity (Wildman–Crippen MR) is 75.4 cm³/mol. The molecule has 0 N–H and O–H groups in total. The minimum absolute atomic E-state index is 0.00296. The van der Waals surface area contributed by atoms with Crippen LogP contribution in [0.1, 0.15) is 22.8 Å². The van der Waals surface area contributed by atoms with Crippen LogP contribution in [0.2, 0.25) is 0 Å². The molecular formula is C15H10BrNO2. The highest BCUT2D eigenvalue weighted by atomic mass is 79.9. The number of benzene rings is 2. The van der Waals surface area contributed by atoms with Crippen LogP contribution in [0.3, 0.4) is 0 Å². The fraction of sp³-hybridized carbons (Fsp3) is 0.0667. The Hall–Kier alpha value is -2.12. The van der Waals surface area contributed by atoms with Crippen LogP contribution in [0, 0.1) is 11.3 Å². The largest absolute Gasteiger partial charge is 0.457 e. The van der Waals surface area contributed by atoms with Gasteiger partial charge < -0.3 is 4.74 Å². The first-order valence-electron chi connectivity index (χ1n) is 5.58. The number of hydrogen-bond acceptors (Lipinski definition) is 3. The summed E-state index contributed by atoms with van der Waals surface area (Å²) in [5, 5.41) is 8.71. The summed E-state index contributed by atoms with van der Waals surface area (Å²) in [7, 11) is 0. The van der Waals surface area contributed by atoms with Crippen LogP contribution >= 0.6 is 15.9 Å². The number of ether oxygens (including phenoxy) is 1. The summed E-state index contributed by atoms with van der Waals surface area (Å²) in [6.07, 6.45) is 0. The predicted octanol–water partition coefficient (Wildman–Crippen LogP) is 4.32. The van der Waals surface area contributed by atoms with E-state index in [2.05, 4.69) is 15.9 Å². The Kier molecular flexibility index (Phi) is 3.98. The zero-order valence-electron chi connectivity index (χ0n) is 10.2. The molecule has 0 saturated heterocycles. The maximum Gasteiger partial charge on any atom is 0.160 e. The number of rotatable bonds is 3. The number of ketones is 1. The Bertz CT molecular complexity index is 657. The van der Waals surface area contributed by atoms with Gasteiger partial charge in [0.2, 0.25) is 0 Å². The number of nitriles is 1. The molecule has 0 saturated carbocycles. The summed E-state index contributed by atoms with van der Waals surface area (Å²) < 4.78 is 6.34. The summed E-state index contributed by atoms with van der Waals surface area (Å²) >= 11 is 3.34. The standard InChI is InChI=1S/C15H10BrNO2/c1-10(18)14-7-6-13(8-15(14)16)19-12-4-2-11(9-17)3-5-12/h2-8H,1H3. The summed E-state index contributed by atoms with van der Waals surface area (Å²) in [4.78, 5) is 11.3. The lowest BCUT2D eigenvalue weighted by Crippen LogP contribution is -1.94. The second-order valence-corrected chi connectivity index (χ2v) is 4.79. The van der Waals surface area contributed by atoms with Gasteiger partial charge in [0, 0.05) is 10.0 Å². The molecule has 4 heteroatoms. The van der Waals surface area contributed by atoms with E-state index >= 15 is 0 Å². The SMILES string of the molecule is CC(=O)c1ccc(Oc2ccc(C#N)cc2)cc1Br. The van der Waals surface area contributed by atoms with Crippen molar-refractivity contribution < 1.29 is 9.53 Å². The van der Waals surface area contributed by atoms with Gasteiger partial charge in [0.05, 0.1) is 11.6 Å². The Morgan fingerprint density at radius 3 is 2.32 bits per heavy atom. The summed E-state index contributed by atoms with van der Waals surface area (Å²) in [6.45, 7) is 1.52. The molecule has 0 fully saturated rings. The molecule has 0 aliphatic heterocycles. The molecule has 0 atom stereocenters. The zero-order chi connectivity index (χ0) is 13.8. The van der Waals surface area contributed by atoms with Crippen molar-refractivity contribution >= 4 is 21.7 Å². The lowest BCUT2D eigenvalue weighted by atomic mass is 10.1. The van der Waals surface area contributed by atoms with Gasteiger partial charge in [0.15, 0.2) is 5.78 Å². The molecule has 94 valence electrons. The topological polar surface area (TPSA) is 50.1 Å². The minimum Gasteiger partial charge on any atom is -0.457 e. The van der Waals surface area contributed by atoms with Gasteiger partial charge in [-0.15, -0.1) is 0 Å². The minimum atomic E-state index is -0.00296. The quantitative estimate of drug-likeness (QED) is 0.793. The molecule has 0 unspecified atom stereocenters. The number of hydrogen-bond donors (Lipinski definition) is 0. The van der Waals surface area contributed by atoms with Crippen molar-refractivity contribution in [1.29, 1.82) is 5.26 Å². The third-order valence-electron chi connectivity index (χ3n) is 2.54. The molecular weight excluding hydrogens is 306 g/mol. The Morgan fingerprint density at radius 1 is 1.16 bits per heavy atom. The van der Waals surface area contributed by atoms with Crippen LogP contribution in [-0.2, 0) is 0 Å². The summed E-state index contributed by atoms with van der Waals surface area (Å²) in [6, 6.07) is 14.1. The highest BCUT2D eigenvalue weighted by molar-refractivity contribution is 9.10. The van der Waals surface area contributed by atoms with Gasteiger partial charge in [-0.05, 0) is 65.3 Å². The van der Waals surface area contributed by atoms with E-state index in [-0.39, 0.29) is 5.78 Å². The monoisotopic (exact) mass is 315 g/mol. The fourth-order valence-electron chi connectivity index (χ4n) is 1.58. The van der Waals surface area contributed by atoms with Crippen molar-refractivity contribution in [3.05, 3.63) is 58.1 Å². The third kappa shape index (κ3) is 3.21. The van der Waals surface area contributed by atoms with Crippen molar-refractivity contribution in [3.8, 4) is 17.6 Å². The second kappa shape index (κ2) is 5.68. The number of Topliss-reactive ketones (excluding diaryl/α,β-unsaturated/α-hetero) is 1. The van der Waals surface area contributed by atoms with Crippen LogP contribution < -0.4 is 4.74 Å². The molecule has 2 aromatic rings. The van der Waals surface area contributed by atoms with Crippen molar-refractivity contribution in [3.63, 3.8) is 0 Å². The third-order valence-corrected chi connectivity index (χ3v) is 3.20. The van der Waals surface area contributed by atoms with Crippen molar-refractivity contribution in [2.75, 3.05) is 0 Å². The van der Waals surface area contributed by atoms with Crippen LogP contribution in [0.15, 0.2) is 46.9 Å². The zero-order valence-corrected chi connectivity index (χ0v) is 11.8. The first kappa shape index (κ1) is 13.3. The van der Waals surface area contributed by atoms with E-state index in [0.29, 0.717) is 27.1 Å². The van der Waals surface area contributed by atoms with Crippen LogP contribution in [0.5, 0.6) is 11.5 Å². The van der Waals surface area contributed by atoms with Crippen molar-refractivity contribution in [2.45, 2.75) is 6.92 Å². The second-order valence-electron chi connectivity index (χ2n) is 3.94. The van der Waals surface area contributed by atoms with Gasteiger partial charge in [-0.2, -0.15) is 5.26 Å². The molecule has 0 aliphatic carbocycles. The molecule has 2 aromatic carbocycles. The molecule has 0 amide bonds. The van der Waals surface area contributed by atoms with Gasteiger partial charge in [-0.1, -0.05) is 0 Å². The normalized spacial score (nSPS) is 9.74. The molecule has 0 radical (unpaired) electrons. The van der Waals surface area contributed by atoms with Gasteiger partial charge in [0.25, 0.3) is 0 Å². The lowest BCUT2D eigenvalue weighted by molar-refractivity contribution is 0.101. The first-order chi connectivity index (χ1) is 9.10. The highest BCUT2D eigenvalue weighted by Crippen LogP contribution is 2.27. The number of halogens is 1. The molecule has 0 heterocycles. The fourth-order valence-corrected chi connectivity index (χ4v) is 2.22. The number of carbonyl (C=O) groups is 1. The van der Waals surface area contributed by atoms with Crippen molar-refractivity contribution in [2.24, 2.45) is 0 Å². The van der Waals surface area contributed by atoms with E-state index in [1.165, 1.54) is 6.92 Å². The van der Waals surface area contributed by atoms with Crippen LogP contribution in [0.4, 0.5) is 0 Å². The Balaban J connectivity index is 2.21. The average Bonchev–Trinajstić information content (AvgIpc) is 2.39. The smallest absolute Gasteiger partial charge is 0.160 e. The Morgan fingerprint density at radius 2 is 1.79 bits per heavy atom.